The van der Waals surface area contributed by atoms with Gasteiger partial charge < -0.3 is 20.4 Å². The topological polar surface area (TPSA) is 89.9 Å². The van der Waals surface area contributed by atoms with Gasteiger partial charge in [0.25, 0.3) is 0 Å². The van der Waals surface area contributed by atoms with Crippen molar-refractivity contribution in [2.75, 3.05) is 20.2 Å². The second-order valence-corrected chi connectivity index (χ2v) is 5.41. The van der Waals surface area contributed by atoms with Gasteiger partial charge in [-0.25, -0.2) is 4.79 Å². The number of aliphatic carboxylic acids is 1. The molecule has 0 saturated heterocycles. The minimum atomic E-state index is -0.972. The van der Waals surface area contributed by atoms with Crippen molar-refractivity contribution in [2.45, 2.75) is 39.7 Å². The lowest BCUT2D eigenvalue weighted by atomic mass is 9.88. The summed E-state index contributed by atoms with van der Waals surface area (Å²) < 4.78 is 0. The zero-order valence-electron chi connectivity index (χ0n) is 11.8. The fourth-order valence-corrected chi connectivity index (χ4v) is 1.12. The molecule has 0 rings (SSSR count). The summed E-state index contributed by atoms with van der Waals surface area (Å²) in [6, 6.07) is -0.394. The third-order valence-corrected chi connectivity index (χ3v) is 3.53. The molecule has 6 heteroatoms. The Morgan fingerprint density at radius 3 is 2.11 bits per heavy atom. The summed E-state index contributed by atoms with van der Waals surface area (Å²) in [4.78, 5) is 24.3. The first kappa shape index (κ1) is 16.7. The first-order valence-corrected chi connectivity index (χ1v) is 5.96. The molecule has 0 aromatic carbocycles. The molecule has 0 spiro atoms. The van der Waals surface area contributed by atoms with Crippen LogP contribution in [0.25, 0.3) is 0 Å². The number of nitrogens with one attached hydrogen (secondary N) is 1. The number of hydrogen-bond donors (Lipinski definition) is 3. The highest BCUT2D eigenvalue weighted by atomic mass is 16.4. The van der Waals surface area contributed by atoms with E-state index in [1.807, 2.05) is 0 Å². The van der Waals surface area contributed by atoms with Crippen molar-refractivity contribution in [1.29, 1.82) is 0 Å². The van der Waals surface area contributed by atoms with E-state index in [2.05, 4.69) is 5.32 Å². The van der Waals surface area contributed by atoms with Crippen molar-refractivity contribution in [2.24, 2.45) is 5.41 Å². The SMILES string of the molecule is CCC(C)(CNC(=O)N(C)C(C)(C)CO)C(=O)O. The number of carboxylic acid groups (broad SMARTS) is 1. The van der Waals surface area contributed by atoms with Gasteiger partial charge in [-0.05, 0) is 27.2 Å². The molecule has 0 aromatic rings. The van der Waals surface area contributed by atoms with Crippen LogP contribution < -0.4 is 5.32 Å². The smallest absolute Gasteiger partial charge is 0.317 e. The number of hydrogen-bond acceptors (Lipinski definition) is 3. The Morgan fingerprint density at radius 1 is 1.28 bits per heavy atom. The monoisotopic (exact) mass is 260 g/mol. The minimum Gasteiger partial charge on any atom is -0.481 e. The van der Waals surface area contributed by atoms with Gasteiger partial charge in [-0.15, -0.1) is 0 Å². The van der Waals surface area contributed by atoms with E-state index in [0.29, 0.717) is 6.42 Å². The van der Waals surface area contributed by atoms with Crippen LogP contribution in [0.1, 0.15) is 34.1 Å². The van der Waals surface area contributed by atoms with E-state index in [0.717, 1.165) is 0 Å². The summed E-state index contributed by atoms with van der Waals surface area (Å²) in [6.07, 6.45) is 0.426. The number of urea groups is 1. The summed E-state index contributed by atoms with van der Waals surface area (Å²) in [6.45, 7) is 6.70. The molecule has 0 heterocycles. The summed E-state index contributed by atoms with van der Waals surface area (Å²) in [5, 5.41) is 20.8. The lowest BCUT2D eigenvalue weighted by molar-refractivity contribution is -0.147. The Hall–Kier alpha value is -1.30. The third-order valence-electron chi connectivity index (χ3n) is 3.53. The molecule has 0 saturated carbocycles. The van der Waals surface area contributed by atoms with Gasteiger partial charge in [-0.3, -0.25) is 4.79 Å². The van der Waals surface area contributed by atoms with Gasteiger partial charge in [0.1, 0.15) is 0 Å². The van der Waals surface area contributed by atoms with Gasteiger partial charge >= 0.3 is 12.0 Å². The second-order valence-electron chi connectivity index (χ2n) is 5.41. The van der Waals surface area contributed by atoms with E-state index >= 15 is 0 Å². The molecule has 0 radical (unpaired) electrons. The number of carbonyl (C=O) groups is 2. The molecule has 0 aliphatic carbocycles. The minimum absolute atomic E-state index is 0.0590. The Bertz CT molecular complexity index is 317. The van der Waals surface area contributed by atoms with Crippen molar-refractivity contribution < 1.29 is 19.8 Å². The number of likely N-dealkylation sites (N-methyl/N-ethyl adjacent to an activating group) is 1. The summed E-state index contributed by atoms with van der Waals surface area (Å²) in [5.41, 5.74) is -1.66. The van der Waals surface area contributed by atoms with E-state index in [1.54, 1.807) is 34.7 Å². The third kappa shape index (κ3) is 3.87. The summed E-state index contributed by atoms with van der Waals surface area (Å²) >= 11 is 0. The van der Waals surface area contributed by atoms with Gasteiger partial charge in [0, 0.05) is 13.6 Å². The van der Waals surface area contributed by atoms with Crippen LogP contribution in [0.4, 0.5) is 4.79 Å². The van der Waals surface area contributed by atoms with Gasteiger partial charge in [0.15, 0.2) is 0 Å². The molecule has 3 N–H and O–H groups in total. The zero-order valence-corrected chi connectivity index (χ0v) is 11.8. The van der Waals surface area contributed by atoms with Crippen LogP contribution in [0.5, 0.6) is 0 Å². The fraction of sp³-hybridized carbons (Fsp3) is 0.833. The number of rotatable bonds is 6. The molecule has 0 aliphatic rings. The van der Waals surface area contributed by atoms with E-state index in [4.69, 9.17) is 10.2 Å². The Kier molecular flexibility index (Phi) is 5.60. The molecule has 1 unspecified atom stereocenters. The molecule has 106 valence electrons. The number of carboxylic acids is 1. The van der Waals surface area contributed by atoms with Crippen molar-refractivity contribution in [1.82, 2.24) is 10.2 Å². The van der Waals surface area contributed by atoms with Crippen LogP contribution in [0.3, 0.4) is 0 Å². The fourth-order valence-electron chi connectivity index (χ4n) is 1.12. The van der Waals surface area contributed by atoms with Crippen molar-refractivity contribution in [3.05, 3.63) is 0 Å². The number of carbonyl (C=O) groups excluding carboxylic acids is 1. The molecule has 6 nitrogen and oxygen atoms in total. The van der Waals surface area contributed by atoms with Crippen LogP contribution in [0, 0.1) is 5.41 Å². The summed E-state index contributed by atoms with van der Waals surface area (Å²) in [5.74, 6) is -0.936. The Morgan fingerprint density at radius 2 is 1.78 bits per heavy atom. The summed E-state index contributed by atoms with van der Waals surface area (Å²) in [7, 11) is 1.57. The number of aliphatic hydroxyl groups excluding tert-OH is 1. The molecule has 0 bridgehead atoms. The van der Waals surface area contributed by atoms with Crippen LogP contribution in [-0.4, -0.2) is 52.9 Å². The van der Waals surface area contributed by atoms with Crippen LogP contribution in [0.15, 0.2) is 0 Å². The maximum absolute atomic E-state index is 11.8. The largest absolute Gasteiger partial charge is 0.481 e. The Labute approximate surface area is 108 Å². The highest BCUT2D eigenvalue weighted by molar-refractivity contribution is 5.78. The number of nitrogens with zero attached hydrogens (tertiary/aromatic N) is 1. The maximum Gasteiger partial charge on any atom is 0.317 e. The van der Waals surface area contributed by atoms with Crippen molar-refractivity contribution >= 4 is 12.0 Å². The lowest BCUT2D eigenvalue weighted by Crippen LogP contribution is -2.53. The number of amides is 2. The highest BCUT2D eigenvalue weighted by Crippen LogP contribution is 2.20. The van der Waals surface area contributed by atoms with E-state index < -0.39 is 23.0 Å². The van der Waals surface area contributed by atoms with Crippen LogP contribution >= 0.6 is 0 Å². The van der Waals surface area contributed by atoms with Gasteiger partial charge in [-0.1, -0.05) is 6.92 Å². The van der Waals surface area contributed by atoms with Gasteiger partial charge in [0.2, 0.25) is 0 Å². The first-order valence-electron chi connectivity index (χ1n) is 5.96. The molecule has 0 fully saturated rings. The molecule has 1 atom stereocenters. The molecule has 0 aliphatic heterocycles. The quantitative estimate of drug-likeness (QED) is 0.662. The number of aliphatic hydroxyl groups is 1. The predicted molar refractivity (Wildman–Crippen MR) is 68.4 cm³/mol. The van der Waals surface area contributed by atoms with E-state index in [9.17, 15) is 9.59 Å². The standard InChI is InChI=1S/C12H24N2O4/c1-6-12(4,9(16)17)7-13-10(18)14(5)11(2,3)8-15/h15H,6-8H2,1-5H3,(H,13,18)(H,16,17). The van der Waals surface area contributed by atoms with E-state index in [-0.39, 0.29) is 13.2 Å². The molecule has 0 aromatic heterocycles. The normalized spacial score (nSPS) is 14.8. The first-order chi connectivity index (χ1) is 8.10. The maximum atomic E-state index is 11.8. The molecular formula is C12H24N2O4. The molecular weight excluding hydrogens is 236 g/mol. The average molecular weight is 260 g/mol. The van der Waals surface area contributed by atoms with E-state index in [1.165, 1.54) is 4.90 Å². The average Bonchev–Trinajstić information content (AvgIpc) is 2.34. The van der Waals surface area contributed by atoms with Gasteiger partial charge in [-0.2, -0.15) is 0 Å². The van der Waals surface area contributed by atoms with Crippen LogP contribution in [-0.2, 0) is 4.79 Å². The Balaban J connectivity index is 4.56. The zero-order chi connectivity index (χ0) is 14.6. The lowest BCUT2D eigenvalue weighted by Gasteiger charge is -2.35. The van der Waals surface area contributed by atoms with Gasteiger partial charge in [0.05, 0.1) is 17.6 Å². The predicted octanol–water partition coefficient (Wildman–Crippen LogP) is 0.900. The van der Waals surface area contributed by atoms with Crippen molar-refractivity contribution in [3.8, 4) is 0 Å². The second kappa shape index (κ2) is 6.04. The van der Waals surface area contributed by atoms with Crippen molar-refractivity contribution in [3.63, 3.8) is 0 Å². The molecule has 18 heavy (non-hydrogen) atoms. The molecule has 2 amide bonds. The highest BCUT2D eigenvalue weighted by Gasteiger charge is 2.33. The van der Waals surface area contributed by atoms with Crippen LogP contribution in [0.2, 0.25) is 0 Å².